The van der Waals surface area contributed by atoms with Crippen molar-refractivity contribution in [2.45, 2.75) is 32.4 Å². The minimum atomic E-state index is 0.286. The molecule has 1 aliphatic rings. The van der Waals surface area contributed by atoms with Gasteiger partial charge in [0, 0.05) is 12.5 Å². The van der Waals surface area contributed by atoms with Crippen molar-refractivity contribution in [2.24, 2.45) is 0 Å². The number of nitrogens with one attached hydrogen (secondary N) is 1. The van der Waals surface area contributed by atoms with E-state index in [1.807, 2.05) is 6.92 Å². The van der Waals surface area contributed by atoms with Crippen molar-refractivity contribution in [2.75, 3.05) is 0 Å². The Morgan fingerprint density at radius 2 is 2.33 bits per heavy atom. The second-order valence-electron chi connectivity index (χ2n) is 2.50. The number of ether oxygens (including phenoxy) is 1. The SMILES string of the molecule is CC1CC(C)OC(=S)N1. The molecule has 2 nitrogen and oxygen atoms in total. The van der Waals surface area contributed by atoms with Gasteiger partial charge in [0.25, 0.3) is 5.17 Å². The predicted octanol–water partition coefficient (Wildman–Crippen LogP) is 1.06. The van der Waals surface area contributed by atoms with Gasteiger partial charge < -0.3 is 10.1 Å². The summed E-state index contributed by atoms with van der Waals surface area (Å²) in [5.74, 6) is 0. The fourth-order valence-corrected chi connectivity index (χ4v) is 1.39. The Balaban J connectivity index is 2.43. The molecule has 1 N–H and O–H groups in total. The first kappa shape index (κ1) is 6.81. The molecule has 0 saturated carbocycles. The van der Waals surface area contributed by atoms with Crippen LogP contribution >= 0.6 is 12.2 Å². The molecular formula is C6H11NOS. The molecule has 1 fully saturated rings. The maximum Gasteiger partial charge on any atom is 0.257 e. The van der Waals surface area contributed by atoms with Crippen LogP contribution in [-0.4, -0.2) is 17.3 Å². The summed E-state index contributed by atoms with van der Waals surface area (Å²) in [5.41, 5.74) is 0. The normalized spacial score (nSPS) is 35.1. The molecule has 0 bridgehead atoms. The maximum atomic E-state index is 5.18. The zero-order valence-electron chi connectivity index (χ0n) is 5.68. The minimum Gasteiger partial charge on any atom is -0.468 e. The number of rotatable bonds is 0. The Hall–Kier alpha value is -0.310. The zero-order valence-corrected chi connectivity index (χ0v) is 6.49. The molecule has 3 heteroatoms. The monoisotopic (exact) mass is 145 g/mol. The third-order valence-electron chi connectivity index (χ3n) is 1.36. The average molecular weight is 145 g/mol. The third-order valence-corrected chi connectivity index (χ3v) is 1.57. The van der Waals surface area contributed by atoms with Gasteiger partial charge in [-0.25, -0.2) is 0 Å². The molecule has 1 heterocycles. The van der Waals surface area contributed by atoms with Crippen LogP contribution in [-0.2, 0) is 4.74 Å². The van der Waals surface area contributed by atoms with Crippen LogP contribution in [0.4, 0.5) is 0 Å². The van der Waals surface area contributed by atoms with E-state index in [1.165, 1.54) is 0 Å². The molecular weight excluding hydrogens is 134 g/mol. The predicted molar refractivity (Wildman–Crippen MR) is 40.4 cm³/mol. The van der Waals surface area contributed by atoms with E-state index in [0.29, 0.717) is 11.2 Å². The lowest BCUT2D eigenvalue weighted by Gasteiger charge is -2.27. The smallest absolute Gasteiger partial charge is 0.257 e. The quantitative estimate of drug-likeness (QED) is 0.515. The highest BCUT2D eigenvalue weighted by Gasteiger charge is 2.17. The van der Waals surface area contributed by atoms with Gasteiger partial charge in [-0.2, -0.15) is 0 Å². The fourth-order valence-electron chi connectivity index (χ4n) is 1.02. The number of hydrogen-bond donors (Lipinski definition) is 1. The molecule has 2 atom stereocenters. The molecule has 9 heavy (non-hydrogen) atoms. The van der Waals surface area contributed by atoms with Crippen LogP contribution in [0.1, 0.15) is 20.3 Å². The molecule has 0 radical (unpaired) electrons. The first-order valence-corrected chi connectivity index (χ1v) is 3.56. The van der Waals surface area contributed by atoms with Gasteiger partial charge in [-0.05, 0) is 26.1 Å². The molecule has 0 aromatic heterocycles. The first-order chi connectivity index (χ1) is 4.18. The highest BCUT2D eigenvalue weighted by Crippen LogP contribution is 2.07. The highest BCUT2D eigenvalue weighted by atomic mass is 32.1. The summed E-state index contributed by atoms with van der Waals surface area (Å²) in [4.78, 5) is 0. The summed E-state index contributed by atoms with van der Waals surface area (Å²) in [7, 11) is 0. The molecule has 1 aliphatic heterocycles. The van der Waals surface area contributed by atoms with Crippen LogP contribution in [0.3, 0.4) is 0 Å². The summed E-state index contributed by atoms with van der Waals surface area (Å²) in [6.07, 6.45) is 1.33. The molecule has 0 aromatic carbocycles. The molecule has 1 saturated heterocycles. The van der Waals surface area contributed by atoms with Crippen molar-refractivity contribution in [3.8, 4) is 0 Å². The van der Waals surface area contributed by atoms with E-state index in [-0.39, 0.29) is 6.10 Å². The van der Waals surface area contributed by atoms with Gasteiger partial charge in [-0.1, -0.05) is 0 Å². The summed E-state index contributed by atoms with van der Waals surface area (Å²) in [6.45, 7) is 4.13. The molecule has 2 unspecified atom stereocenters. The van der Waals surface area contributed by atoms with Crippen LogP contribution in [0.15, 0.2) is 0 Å². The Bertz CT molecular complexity index is 114. The van der Waals surface area contributed by atoms with Crippen molar-refractivity contribution in [3.05, 3.63) is 0 Å². The number of hydrogen-bond acceptors (Lipinski definition) is 2. The Labute approximate surface area is 60.6 Å². The van der Waals surface area contributed by atoms with Gasteiger partial charge in [0.2, 0.25) is 0 Å². The van der Waals surface area contributed by atoms with Crippen LogP contribution in [0.5, 0.6) is 0 Å². The van der Waals surface area contributed by atoms with Crippen molar-refractivity contribution in [1.82, 2.24) is 5.32 Å². The van der Waals surface area contributed by atoms with Crippen molar-refractivity contribution < 1.29 is 4.74 Å². The largest absolute Gasteiger partial charge is 0.468 e. The van der Waals surface area contributed by atoms with E-state index in [9.17, 15) is 0 Å². The third kappa shape index (κ3) is 1.82. The van der Waals surface area contributed by atoms with E-state index in [4.69, 9.17) is 17.0 Å². The average Bonchev–Trinajstić information content (AvgIpc) is 1.59. The Morgan fingerprint density at radius 3 is 2.78 bits per heavy atom. The van der Waals surface area contributed by atoms with Gasteiger partial charge in [0.15, 0.2) is 0 Å². The molecule has 0 aliphatic carbocycles. The topological polar surface area (TPSA) is 21.3 Å². The molecule has 0 aromatic rings. The lowest BCUT2D eigenvalue weighted by Crippen LogP contribution is -2.42. The van der Waals surface area contributed by atoms with E-state index in [1.54, 1.807) is 0 Å². The first-order valence-electron chi connectivity index (χ1n) is 3.15. The fraction of sp³-hybridized carbons (Fsp3) is 0.833. The van der Waals surface area contributed by atoms with Crippen molar-refractivity contribution >= 4 is 17.4 Å². The van der Waals surface area contributed by atoms with Crippen LogP contribution in [0.25, 0.3) is 0 Å². The van der Waals surface area contributed by atoms with Gasteiger partial charge in [-0.15, -0.1) is 0 Å². The van der Waals surface area contributed by atoms with E-state index in [0.717, 1.165) is 6.42 Å². The second kappa shape index (κ2) is 2.52. The lowest BCUT2D eigenvalue weighted by atomic mass is 10.1. The summed E-state index contributed by atoms with van der Waals surface area (Å²) < 4.78 is 5.18. The summed E-state index contributed by atoms with van der Waals surface area (Å²) >= 11 is 4.83. The molecule has 0 amide bonds. The van der Waals surface area contributed by atoms with Crippen LogP contribution in [0, 0.1) is 0 Å². The minimum absolute atomic E-state index is 0.286. The second-order valence-corrected chi connectivity index (χ2v) is 2.87. The molecule has 0 spiro atoms. The Morgan fingerprint density at radius 1 is 1.67 bits per heavy atom. The van der Waals surface area contributed by atoms with Crippen molar-refractivity contribution in [3.63, 3.8) is 0 Å². The van der Waals surface area contributed by atoms with Gasteiger partial charge in [0.05, 0.1) is 0 Å². The Kier molecular flexibility index (Phi) is 1.90. The van der Waals surface area contributed by atoms with Gasteiger partial charge >= 0.3 is 0 Å². The summed E-state index contributed by atoms with van der Waals surface area (Å²) in [5, 5.41) is 3.56. The standard InChI is InChI=1S/C6H11NOS/c1-4-3-5(2)8-6(9)7-4/h4-5H,3H2,1-2H3,(H,7,9). The van der Waals surface area contributed by atoms with Crippen LogP contribution < -0.4 is 5.32 Å². The maximum absolute atomic E-state index is 5.18. The summed E-state index contributed by atoms with van der Waals surface area (Å²) in [6, 6.07) is 0.473. The van der Waals surface area contributed by atoms with E-state index in [2.05, 4.69) is 12.2 Å². The van der Waals surface area contributed by atoms with E-state index >= 15 is 0 Å². The van der Waals surface area contributed by atoms with E-state index < -0.39 is 0 Å². The number of thiocarbonyl (C=S) groups is 1. The zero-order chi connectivity index (χ0) is 6.85. The van der Waals surface area contributed by atoms with Gasteiger partial charge in [-0.3, -0.25) is 0 Å². The molecule has 1 rings (SSSR count). The lowest BCUT2D eigenvalue weighted by molar-refractivity contribution is 0.153. The van der Waals surface area contributed by atoms with Gasteiger partial charge in [0.1, 0.15) is 6.10 Å². The van der Waals surface area contributed by atoms with Crippen molar-refractivity contribution in [1.29, 1.82) is 0 Å². The molecule has 52 valence electrons. The highest BCUT2D eigenvalue weighted by molar-refractivity contribution is 7.80. The van der Waals surface area contributed by atoms with Crippen LogP contribution in [0.2, 0.25) is 0 Å².